The summed E-state index contributed by atoms with van der Waals surface area (Å²) in [6.45, 7) is 0. The molecule has 0 aromatic heterocycles. The fourth-order valence-electron chi connectivity index (χ4n) is 1.47. The minimum Gasteiger partial charge on any atom is -0.348 e. The molecule has 1 N–H and O–H groups in total. The van der Waals surface area contributed by atoms with Crippen molar-refractivity contribution in [2.75, 3.05) is 11.5 Å². The molecule has 0 saturated carbocycles. The van der Waals surface area contributed by atoms with Gasteiger partial charge in [-0.25, -0.2) is 4.39 Å². The topological polar surface area (TPSA) is 29.1 Å². The Morgan fingerprint density at radius 1 is 1.43 bits per heavy atom. The zero-order valence-electron chi connectivity index (χ0n) is 7.50. The second kappa shape index (κ2) is 4.00. The monoisotopic (exact) mass is 211 g/mol. The maximum atomic E-state index is 13.3. The standard InChI is InChI=1S/C10H10FNOS/c11-8-4-2-1-3-7(8)9-5-14-6-10(13)12-9/h1-4,9H,5-6H2,(H,12,13). The van der Waals surface area contributed by atoms with Gasteiger partial charge in [0, 0.05) is 11.3 Å². The molecule has 1 unspecified atom stereocenters. The van der Waals surface area contributed by atoms with Crippen molar-refractivity contribution in [3.63, 3.8) is 0 Å². The highest BCUT2D eigenvalue weighted by molar-refractivity contribution is 8.00. The SMILES string of the molecule is O=C1CSCC(c2ccccc2F)N1. The number of benzene rings is 1. The van der Waals surface area contributed by atoms with Gasteiger partial charge in [0.2, 0.25) is 5.91 Å². The molecule has 1 fully saturated rings. The van der Waals surface area contributed by atoms with Gasteiger partial charge in [0.05, 0.1) is 11.8 Å². The fraction of sp³-hybridized carbons (Fsp3) is 0.300. The van der Waals surface area contributed by atoms with Crippen LogP contribution in [0.2, 0.25) is 0 Å². The third kappa shape index (κ3) is 1.90. The molecule has 0 aliphatic carbocycles. The van der Waals surface area contributed by atoms with E-state index in [-0.39, 0.29) is 17.8 Å². The summed E-state index contributed by atoms with van der Waals surface area (Å²) >= 11 is 1.54. The Labute approximate surface area is 85.9 Å². The molecular formula is C10H10FNOS. The number of carbonyl (C=O) groups is 1. The summed E-state index contributed by atoms with van der Waals surface area (Å²) < 4.78 is 13.3. The highest BCUT2D eigenvalue weighted by atomic mass is 32.2. The number of carbonyl (C=O) groups excluding carboxylic acids is 1. The lowest BCUT2D eigenvalue weighted by Crippen LogP contribution is -2.36. The van der Waals surface area contributed by atoms with Crippen LogP contribution in [0.5, 0.6) is 0 Å². The molecule has 1 heterocycles. The van der Waals surface area contributed by atoms with Gasteiger partial charge in [-0.3, -0.25) is 4.79 Å². The predicted molar refractivity (Wildman–Crippen MR) is 54.6 cm³/mol. The number of rotatable bonds is 1. The van der Waals surface area contributed by atoms with Crippen LogP contribution in [0.1, 0.15) is 11.6 Å². The van der Waals surface area contributed by atoms with E-state index in [1.165, 1.54) is 17.8 Å². The van der Waals surface area contributed by atoms with E-state index in [4.69, 9.17) is 0 Å². The summed E-state index contributed by atoms with van der Waals surface area (Å²) in [6.07, 6.45) is 0. The number of amides is 1. The van der Waals surface area contributed by atoms with Crippen LogP contribution < -0.4 is 5.32 Å². The van der Waals surface area contributed by atoms with Crippen LogP contribution in [0.3, 0.4) is 0 Å². The molecule has 0 radical (unpaired) electrons. The molecule has 1 aromatic rings. The van der Waals surface area contributed by atoms with E-state index < -0.39 is 0 Å². The van der Waals surface area contributed by atoms with Gasteiger partial charge < -0.3 is 5.32 Å². The number of hydrogen-bond donors (Lipinski definition) is 1. The molecule has 74 valence electrons. The molecule has 1 amide bonds. The van der Waals surface area contributed by atoms with Crippen molar-refractivity contribution >= 4 is 17.7 Å². The van der Waals surface area contributed by atoms with Gasteiger partial charge in [0.15, 0.2) is 0 Å². The molecule has 14 heavy (non-hydrogen) atoms. The quantitative estimate of drug-likeness (QED) is 0.766. The Morgan fingerprint density at radius 3 is 2.93 bits per heavy atom. The maximum Gasteiger partial charge on any atom is 0.230 e. The van der Waals surface area contributed by atoms with Gasteiger partial charge >= 0.3 is 0 Å². The lowest BCUT2D eigenvalue weighted by Gasteiger charge is -2.23. The number of thioether (sulfide) groups is 1. The normalized spacial score (nSPS) is 21.8. The largest absolute Gasteiger partial charge is 0.348 e. The molecule has 4 heteroatoms. The molecule has 1 aromatic carbocycles. The first-order chi connectivity index (χ1) is 6.77. The first kappa shape index (κ1) is 9.52. The third-order valence-corrected chi connectivity index (χ3v) is 3.17. The Morgan fingerprint density at radius 2 is 2.21 bits per heavy atom. The minimum atomic E-state index is -0.250. The molecule has 2 nitrogen and oxygen atoms in total. The lowest BCUT2D eigenvalue weighted by atomic mass is 10.1. The minimum absolute atomic E-state index is 0.0190. The van der Waals surface area contributed by atoms with Crippen LogP contribution in [0, 0.1) is 5.82 Å². The second-order valence-electron chi connectivity index (χ2n) is 3.16. The van der Waals surface area contributed by atoms with Gasteiger partial charge in [-0.05, 0) is 6.07 Å². The van der Waals surface area contributed by atoms with E-state index in [2.05, 4.69) is 5.32 Å². The highest BCUT2D eigenvalue weighted by Gasteiger charge is 2.21. The molecule has 1 saturated heterocycles. The first-order valence-corrected chi connectivity index (χ1v) is 5.54. The number of halogens is 1. The lowest BCUT2D eigenvalue weighted by molar-refractivity contribution is -0.119. The Bertz CT molecular complexity index is 356. The smallest absolute Gasteiger partial charge is 0.230 e. The van der Waals surface area contributed by atoms with Gasteiger partial charge in [0.25, 0.3) is 0 Å². The van der Waals surface area contributed by atoms with E-state index in [0.717, 1.165) is 5.75 Å². The summed E-state index contributed by atoms with van der Waals surface area (Å²) in [5, 5.41) is 2.77. The van der Waals surface area contributed by atoms with E-state index in [1.807, 2.05) is 0 Å². The van der Waals surface area contributed by atoms with Crippen LogP contribution in [0.15, 0.2) is 24.3 Å². The van der Waals surface area contributed by atoms with Crippen molar-refractivity contribution < 1.29 is 9.18 Å². The Kier molecular flexibility index (Phi) is 2.72. The second-order valence-corrected chi connectivity index (χ2v) is 4.19. The van der Waals surface area contributed by atoms with Crippen molar-refractivity contribution in [2.24, 2.45) is 0 Å². The summed E-state index contributed by atoms with van der Waals surface area (Å²) in [5.74, 6) is 0.951. The van der Waals surface area contributed by atoms with Crippen molar-refractivity contribution in [1.29, 1.82) is 0 Å². The molecule has 0 spiro atoms. The van der Waals surface area contributed by atoms with Crippen LogP contribution in [-0.2, 0) is 4.79 Å². The third-order valence-electron chi connectivity index (χ3n) is 2.13. The summed E-state index contributed by atoms with van der Waals surface area (Å²) in [6, 6.07) is 6.38. The van der Waals surface area contributed by atoms with Crippen LogP contribution in [-0.4, -0.2) is 17.4 Å². The highest BCUT2D eigenvalue weighted by Crippen LogP contribution is 2.24. The van der Waals surface area contributed by atoms with Crippen molar-refractivity contribution in [3.05, 3.63) is 35.6 Å². The summed E-state index contributed by atoms with van der Waals surface area (Å²) in [7, 11) is 0. The Balaban J connectivity index is 2.22. The summed E-state index contributed by atoms with van der Waals surface area (Å²) in [5.41, 5.74) is 0.577. The van der Waals surface area contributed by atoms with E-state index in [9.17, 15) is 9.18 Å². The molecule has 0 bridgehead atoms. The molecule has 2 rings (SSSR count). The van der Waals surface area contributed by atoms with Gasteiger partial charge in [-0.2, -0.15) is 0 Å². The molecular weight excluding hydrogens is 201 g/mol. The average Bonchev–Trinajstić information content (AvgIpc) is 2.18. The zero-order chi connectivity index (χ0) is 9.97. The van der Waals surface area contributed by atoms with Gasteiger partial charge in [-0.15, -0.1) is 11.8 Å². The van der Waals surface area contributed by atoms with Crippen LogP contribution >= 0.6 is 11.8 Å². The van der Waals surface area contributed by atoms with Crippen LogP contribution in [0.4, 0.5) is 4.39 Å². The Hall–Kier alpha value is -1.03. The number of nitrogens with one attached hydrogen (secondary N) is 1. The van der Waals surface area contributed by atoms with Crippen molar-refractivity contribution in [3.8, 4) is 0 Å². The van der Waals surface area contributed by atoms with E-state index >= 15 is 0 Å². The zero-order valence-corrected chi connectivity index (χ0v) is 8.31. The fourth-order valence-corrected chi connectivity index (χ4v) is 2.36. The van der Waals surface area contributed by atoms with Gasteiger partial charge in [-0.1, -0.05) is 18.2 Å². The van der Waals surface area contributed by atoms with E-state index in [0.29, 0.717) is 11.3 Å². The maximum absolute atomic E-state index is 13.3. The number of hydrogen-bond acceptors (Lipinski definition) is 2. The van der Waals surface area contributed by atoms with Crippen LogP contribution in [0.25, 0.3) is 0 Å². The predicted octanol–water partition coefficient (Wildman–Crippen LogP) is 1.73. The van der Waals surface area contributed by atoms with Crippen molar-refractivity contribution in [2.45, 2.75) is 6.04 Å². The molecule has 1 atom stereocenters. The first-order valence-electron chi connectivity index (χ1n) is 4.39. The van der Waals surface area contributed by atoms with Crippen molar-refractivity contribution in [1.82, 2.24) is 5.32 Å². The van der Waals surface area contributed by atoms with E-state index in [1.54, 1.807) is 18.2 Å². The molecule has 1 aliphatic heterocycles. The van der Waals surface area contributed by atoms with Gasteiger partial charge in [0.1, 0.15) is 5.82 Å². The average molecular weight is 211 g/mol. The summed E-state index contributed by atoms with van der Waals surface area (Å²) in [4.78, 5) is 11.1. The molecule has 1 aliphatic rings.